The van der Waals surface area contributed by atoms with Crippen LogP contribution >= 0.6 is 15.9 Å². The highest BCUT2D eigenvalue weighted by Gasteiger charge is 2.28. The first-order valence-electron chi connectivity index (χ1n) is 6.39. The second-order valence-electron chi connectivity index (χ2n) is 4.61. The first kappa shape index (κ1) is 13.1. The maximum absolute atomic E-state index is 12.0. The lowest BCUT2D eigenvalue weighted by Crippen LogP contribution is -2.30. The molecule has 2 aromatic rings. The second kappa shape index (κ2) is 4.87. The monoisotopic (exact) mass is 329 g/mol. The van der Waals surface area contributed by atoms with E-state index in [4.69, 9.17) is 0 Å². The molecule has 4 heteroatoms. The molecule has 0 aromatic heterocycles. The summed E-state index contributed by atoms with van der Waals surface area (Å²) in [4.78, 5) is 25.2. The van der Waals surface area contributed by atoms with Crippen molar-refractivity contribution in [2.75, 3.05) is 4.90 Å². The number of aryl methyl sites for hydroxylation is 1. The first-order chi connectivity index (χ1) is 9.63. The van der Waals surface area contributed by atoms with Gasteiger partial charge in [0.05, 0.1) is 5.69 Å². The molecule has 2 amide bonds. The predicted molar refractivity (Wildman–Crippen MR) is 82.7 cm³/mol. The van der Waals surface area contributed by atoms with Crippen LogP contribution in [0.15, 0.2) is 47.0 Å². The number of rotatable bonds is 2. The van der Waals surface area contributed by atoms with Crippen LogP contribution in [0.2, 0.25) is 0 Å². The van der Waals surface area contributed by atoms with E-state index in [9.17, 15) is 9.59 Å². The summed E-state index contributed by atoms with van der Waals surface area (Å²) in [6, 6.07) is 9.75. The van der Waals surface area contributed by atoms with E-state index in [1.165, 1.54) is 17.1 Å². The number of nitrogens with zero attached hydrogens (tertiary/aromatic N) is 1. The molecule has 100 valence electrons. The number of fused-ring (bicyclic) bond motifs is 1. The summed E-state index contributed by atoms with van der Waals surface area (Å²) in [6.07, 6.45) is 3.38. The minimum atomic E-state index is -0.280. The van der Waals surface area contributed by atoms with Crippen LogP contribution in [0.5, 0.6) is 0 Å². The molecule has 0 N–H and O–H groups in total. The van der Waals surface area contributed by atoms with Crippen molar-refractivity contribution in [1.82, 2.24) is 0 Å². The Morgan fingerprint density at radius 2 is 1.65 bits per heavy atom. The van der Waals surface area contributed by atoms with Crippen LogP contribution in [0, 0.1) is 0 Å². The number of imide groups is 1. The van der Waals surface area contributed by atoms with Crippen molar-refractivity contribution >= 4 is 44.2 Å². The number of carbonyl (C=O) groups is 2. The molecule has 0 aliphatic carbocycles. The van der Waals surface area contributed by atoms with Crippen molar-refractivity contribution in [3.63, 3.8) is 0 Å². The van der Waals surface area contributed by atoms with Crippen LogP contribution in [0.4, 0.5) is 5.69 Å². The van der Waals surface area contributed by atoms with Crippen molar-refractivity contribution < 1.29 is 9.59 Å². The molecule has 0 unspecified atom stereocenters. The SMILES string of the molecule is CCc1cc(Br)c2ccccc2c1N1C(=O)C=CC1=O. The second-order valence-corrected chi connectivity index (χ2v) is 5.46. The fourth-order valence-electron chi connectivity index (χ4n) is 2.52. The Morgan fingerprint density at radius 1 is 1.05 bits per heavy atom. The van der Waals surface area contributed by atoms with Gasteiger partial charge in [-0.2, -0.15) is 0 Å². The Morgan fingerprint density at radius 3 is 2.25 bits per heavy atom. The third-order valence-electron chi connectivity index (χ3n) is 3.46. The van der Waals surface area contributed by atoms with E-state index < -0.39 is 0 Å². The summed E-state index contributed by atoms with van der Waals surface area (Å²) in [5, 5.41) is 1.90. The van der Waals surface area contributed by atoms with E-state index in [0.717, 1.165) is 27.2 Å². The molecular formula is C16H12BrNO2. The van der Waals surface area contributed by atoms with Gasteiger partial charge >= 0.3 is 0 Å². The van der Waals surface area contributed by atoms with Crippen LogP contribution in [-0.2, 0) is 16.0 Å². The first-order valence-corrected chi connectivity index (χ1v) is 7.19. The molecule has 3 rings (SSSR count). The molecule has 1 heterocycles. The molecule has 1 aliphatic rings. The Kier molecular flexibility index (Phi) is 3.18. The smallest absolute Gasteiger partial charge is 0.258 e. The minimum absolute atomic E-state index is 0.280. The Labute approximate surface area is 125 Å². The standard InChI is InChI=1S/C16H12BrNO2/c1-2-10-9-13(17)11-5-3-4-6-12(11)16(10)18-14(19)7-8-15(18)20/h3-9H,2H2,1H3. The minimum Gasteiger partial charge on any atom is -0.269 e. The quantitative estimate of drug-likeness (QED) is 0.789. The van der Waals surface area contributed by atoms with Gasteiger partial charge in [0.25, 0.3) is 11.8 Å². The van der Waals surface area contributed by atoms with Gasteiger partial charge in [0.1, 0.15) is 0 Å². The average Bonchev–Trinajstić information content (AvgIpc) is 2.78. The van der Waals surface area contributed by atoms with Gasteiger partial charge in [-0.25, -0.2) is 4.90 Å². The van der Waals surface area contributed by atoms with Crippen LogP contribution in [-0.4, -0.2) is 11.8 Å². The molecule has 0 atom stereocenters. The van der Waals surface area contributed by atoms with Gasteiger partial charge in [-0.05, 0) is 23.4 Å². The molecule has 1 aliphatic heterocycles. The third-order valence-corrected chi connectivity index (χ3v) is 4.11. The predicted octanol–water partition coefficient (Wildman–Crippen LogP) is 3.59. The Hall–Kier alpha value is -1.94. The summed E-state index contributed by atoms with van der Waals surface area (Å²) in [6.45, 7) is 2.01. The highest BCUT2D eigenvalue weighted by Crippen LogP contribution is 2.37. The summed E-state index contributed by atoms with van der Waals surface area (Å²) in [5.74, 6) is -0.561. The zero-order valence-corrected chi connectivity index (χ0v) is 12.5. The van der Waals surface area contributed by atoms with Crippen molar-refractivity contribution in [3.05, 3.63) is 52.5 Å². The van der Waals surface area contributed by atoms with E-state index in [1.54, 1.807) is 0 Å². The number of amides is 2. The third kappa shape index (κ3) is 1.88. The average molecular weight is 330 g/mol. The van der Waals surface area contributed by atoms with E-state index in [-0.39, 0.29) is 11.8 Å². The molecule has 0 bridgehead atoms. The summed E-state index contributed by atoms with van der Waals surface area (Å²) < 4.78 is 0.973. The molecule has 20 heavy (non-hydrogen) atoms. The topological polar surface area (TPSA) is 37.4 Å². The van der Waals surface area contributed by atoms with Crippen molar-refractivity contribution in [3.8, 4) is 0 Å². The summed E-state index contributed by atoms with van der Waals surface area (Å²) >= 11 is 3.56. The summed E-state index contributed by atoms with van der Waals surface area (Å²) in [7, 11) is 0. The molecule has 2 aromatic carbocycles. The number of anilines is 1. The van der Waals surface area contributed by atoms with Gasteiger partial charge in [0.15, 0.2) is 0 Å². The highest BCUT2D eigenvalue weighted by atomic mass is 79.9. The molecule has 0 spiro atoms. The Balaban J connectivity index is 2.36. The zero-order chi connectivity index (χ0) is 14.3. The maximum atomic E-state index is 12.0. The van der Waals surface area contributed by atoms with Gasteiger partial charge in [-0.3, -0.25) is 9.59 Å². The van der Waals surface area contributed by atoms with E-state index in [0.29, 0.717) is 5.69 Å². The number of carbonyl (C=O) groups excluding carboxylic acids is 2. The van der Waals surface area contributed by atoms with Crippen LogP contribution in [0.1, 0.15) is 12.5 Å². The van der Waals surface area contributed by atoms with Gasteiger partial charge in [0.2, 0.25) is 0 Å². The van der Waals surface area contributed by atoms with Crippen molar-refractivity contribution in [2.24, 2.45) is 0 Å². The van der Waals surface area contributed by atoms with Crippen molar-refractivity contribution in [1.29, 1.82) is 0 Å². The van der Waals surface area contributed by atoms with Gasteiger partial charge in [-0.1, -0.05) is 47.1 Å². The van der Waals surface area contributed by atoms with Crippen LogP contribution in [0.3, 0.4) is 0 Å². The normalized spacial score (nSPS) is 14.6. The molecular weight excluding hydrogens is 318 g/mol. The molecule has 0 radical (unpaired) electrons. The number of hydrogen-bond donors (Lipinski definition) is 0. The van der Waals surface area contributed by atoms with Gasteiger partial charge < -0.3 is 0 Å². The van der Waals surface area contributed by atoms with Gasteiger partial charge in [-0.15, -0.1) is 0 Å². The molecule has 0 fully saturated rings. The Bertz CT molecular complexity index is 746. The fraction of sp³-hybridized carbons (Fsp3) is 0.125. The fourth-order valence-corrected chi connectivity index (χ4v) is 3.15. The number of halogens is 1. The lowest BCUT2D eigenvalue weighted by atomic mass is 10.0. The van der Waals surface area contributed by atoms with Crippen LogP contribution < -0.4 is 4.90 Å². The van der Waals surface area contributed by atoms with E-state index >= 15 is 0 Å². The van der Waals surface area contributed by atoms with Gasteiger partial charge in [0, 0.05) is 22.0 Å². The number of hydrogen-bond acceptors (Lipinski definition) is 2. The molecule has 0 saturated heterocycles. The molecule has 3 nitrogen and oxygen atoms in total. The lowest BCUT2D eigenvalue weighted by Gasteiger charge is -2.21. The van der Waals surface area contributed by atoms with Crippen LogP contribution in [0.25, 0.3) is 10.8 Å². The van der Waals surface area contributed by atoms with E-state index in [2.05, 4.69) is 15.9 Å². The maximum Gasteiger partial charge on any atom is 0.258 e. The molecule has 0 saturated carbocycles. The number of benzene rings is 2. The van der Waals surface area contributed by atoms with E-state index in [1.807, 2.05) is 37.3 Å². The summed E-state index contributed by atoms with van der Waals surface area (Å²) in [5.41, 5.74) is 1.67. The lowest BCUT2D eigenvalue weighted by molar-refractivity contribution is -0.119. The zero-order valence-electron chi connectivity index (χ0n) is 10.9. The van der Waals surface area contributed by atoms with Crippen molar-refractivity contribution in [2.45, 2.75) is 13.3 Å². The largest absolute Gasteiger partial charge is 0.269 e. The highest BCUT2D eigenvalue weighted by molar-refractivity contribution is 9.10.